The Labute approximate surface area is 98.9 Å². The van der Waals surface area contributed by atoms with Crippen molar-refractivity contribution in [3.8, 4) is 11.8 Å². The van der Waals surface area contributed by atoms with Gasteiger partial charge >= 0.3 is 0 Å². The van der Waals surface area contributed by atoms with Gasteiger partial charge in [-0.3, -0.25) is 0 Å². The van der Waals surface area contributed by atoms with E-state index in [0.29, 0.717) is 17.9 Å². The molecule has 0 aromatic heterocycles. The second kappa shape index (κ2) is 5.13. The number of hydrogen-bond donors (Lipinski definition) is 0. The summed E-state index contributed by atoms with van der Waals surface area (Å²) in [6, 6.07) is 15.9. The SMILES string of the molecule is N#Cc1ccc(COc2[c]ccc(F)c2)cc1. The van der Waals surface area contributed by atoms with Gasteiger partial charge in [0.25, 0.3) is 0 Å². The Balaban J connectivity index is 2.00. The lowest BCUT2D eigenvalue weighted by atomic mass is 10.2. The molecule has 83 valence electrons. The molecule has 2 aromatic carbocycles. The lowest BCUT2D eigenvalue weighted by Crippen LogP contribution is -1.95. The van der Waals surface area contributed by atoms with E-state index in [1.165, 1.54) is 18.2 Å². The van der Waals surface area contributed by atoms with Crippen molar-refractivity contribution in [3.05, 3.63) is 65.5 Å². The van der Waals surface area contributed by atoms with Gasteiger partial charge in [0.15, 0.2) is 0 Å². The van der Waals surface area contributed by atoms with Crippen molar-refractivity contribution in [2.24, 2.45) is 0 Å². The molecule has 0 saturated heterocycles. The van der Waals surface area contributed by atoms with Crippen LogP contribution in [-0.4, -0.2) is 0 Å². The average molecular weight is 226 g/mol. The maximum atomic E-state index is 12.9. The Morgan fingerprint density at radius 2 is 2.00 bits per heavy atom. The molecule has 1 radical (unpaired) electrons. The van der Waals surface area contributed by atoms with Crippen molar-refractivity contribution in [1.82, 2.24) is 0 Å². The molecule has 2 aromatic rings. The highest BCUT2D eigenvalue weighted by atomic mass is 19.1. The maximum Gasteiger partial charge on any atom is 0.130 e. The van der Waals surface area contributed by atoms with E-state index < -0.39 is 0 Å². The summed E-state index contributed by atoms with van der Waals surface area (Å²) in [5.41, 5.74) is 1.52. The predicted molar refractivity (Wildman–Crippen MR) is 60.7 cm³/mol. The number of nitriles is 1. The molecule has 0 aliphatic carbocycles. The van der Waals surface area contributed by atoms with Crippen molar-refractivity contribution >= 4 is 0 Å². The largest absolute Gasteiger partial charge is 0.488 e. The van der Waals surface area contributed by atoms with Crippen LogP contribution in [0.5, 0.6) is 5.75 Å². The van der Waals surface area contributed by atoms with Crippen molar-refractivity contribution in [2.45, 2.75) is 6.61 Å². The predicted octanol–water partition coefficient (Wildman–Crippen LogP) is 3.08. The van der Waals surface area contributed by atoms with Crippen LogP contribution in [0.25, 0.3) is 0 Å². The number of ether oxygens (including phenoxy) is 1. The molecule has 0 heterocycles. The highest BCUT2D eigenvalue weighted by Crippen LogP contribution is 2.13. The Hall–Kier alpha value is -2.34. The fourth-order valence-corrected chi connectivity index (χ4v) is 1.34. The standard InChI is InChI=1S/C14H9FNO/c15-13-2-1-3-14(8-13)17-10-12-6-4-11(9-16)5-7-12/h1-2,4-8H,10H2. The van der Waals surface area contributed by atoms with Gasteiger partial charge in [-0.25, -0.2) is 4.39 Å². The van der Waals surface area contributed by atoms with Crippen LogP contribution in [0.1, 0.15) is 11.1 Å². The second-order valence-corrected chi connectivity index (χ2v) is 3.47. The van der Waals surface area contributed by atoms with E-state index in [1.807, 2.05) is 6.07 Å². The van der Waals surface area contributed by atoms with Gasteiger partial charge in [-0.1, -0.05) is 12.1 Å². The van der Waals surface area contributed by atoms with Crippen LogP contribution in [-0.2, 0) is 6.61 Å². The molecular weight excluding hydrogens is 217 g/mol. The topological polar surface area (TPSA) is 33.0 Å². The van der Waals surface area contributed by atoms with Crippen molar-refractivity contribution in [2.75, 3.05) is 0 Å². The first-order valence-electron chi connectivity index (χ1n) is 5.07. The first-order chi connectivity index (χ1) is 8.28. The number of benzene rings is 2. The molecule has 0 bridgehead atoms. The van der Waals surface area contributed by atoms with Crippen LogP contribution in [0.15, 0.2) is 42.5 Å². The Morgan fingerprint density at radius 3 is 2.65 bits per heavy atom. The van der Waals surface area contributed by atoms with Gasteiger partial charge in [0.05, 0.1) is 11.6 Å². The molecule has 0 atom stereocenters. The second-order valence-electron chi connectivity index (χ2n) is 3.47. The number of rotatable bonds is 3. The average Bonchev–Trinajstić information content (AvgIpc) is 2.37. The van der Waals surface area contributed by atoms with Gasteiger partial charge in [0.1, 0.15) is 18.2 Å². The minimum Gasteiger partial charge on any atom is -0.488 e. The van der Waals surface area contributed by atoms with Crippen LogP contribution < -0.4 is 4.74 Å². The Morgan fingerprint density at radius 1 is 1.24 bits per heavy atom. The highest BCUT2D eigenvalue weighted by molar-refractivity contribution is 5.31. The van der Waals surface area contributed by atoms with E-state index in [9.17, 15) is 4.39 Å². The molecule has 0 unspecified atom stereocenters. The van der Waals surface area contributed by atoms with Crippen molar-refractivity contribution < 1.29 is 9.13 Å². The number of halogens is 1. The molecule has 0 fully saturated rings. The van der Waals surface area contributed by atoms with E-state index in [2.05, 4.69) is 6.07 Å². The zero-order valence-electron chi connectivity index (χ0n) is 8.98. The van der Waals surface area contributed by atoms with E-state index in [-0.39, 0.29) is 5.82 Å². The minimum absolute atomic E-state index is 0.325. The summed E-state index contributed by atoms with van der Waals surface area (Å²) in [5, 5.41) is 8.64. The summed E-state index contributed by atoms with van der Waals surface area (Å²) in [6.45, 7) is 0.325. The molecule has 17 heavy (non-hydrogen) atoms. The van der Waals surface area contributed by atoms with Gasteiger partial charge in [-0.05, 0) is 29.8 Å². The van der Waals surface area contributed by atoms with E-state index in [0.717, 1.165) is 5.56 Å². The third-order valence-corrected chi connectivity index (χ3v) is 2.21. The van der Waals surface area contributed by atoms with Crippen LogP contribution in [0.3, 0.4) is 0 Å². The first kappa shape index (κ1) is 11.2. The zero-order valence-corrected chi connectivity index (χ0v) is 8.98. The molecule has 2 rings (SSSR count). The number of hydrogen-bond acceptors (Lipinski definition) is 2. The first-order valence-corrected chi connectivity index (χ1v) is 5.07. The third-order valence-electron chi connectivity index (χ3n) is 2.21. The quantitative estimate of drug-likeness (QED) is 0.805. The summed E-state index contributed by atoms with van der Waals surface area (Å²) in [7, 11) is 0. The summed E-state index contributed by atoms with van der Waals surface area (Å²) in [5.74, 6) is 0.0212. The lowest BCUT2D eigenvalue weighted by Gasteiger charge is -2.05. The Bertz CT molecular complexity index is 543. The van der Waals surface area contributed by atoms with Gasteiger partial charge in [-0.2, -0.15) is 5.26 Å². The van der Waals surface area contributed by atoms with Crippen LogP contribution >= 0.6 is 0 Å². The molecular formula is C14H9FNO. The molecule has 0 N–H and O–H groups in total. The van der Waals surface area contributed by atoms with Gasteiger partial charge < -0.3 is 4.74 Å². The molecule has 0 spiro atoms. The molecule has 2 nitrogen and oxygen atoms in total. The molecule has 3 heteroatoms. The molecule has 0 aliphatic rings. The van der Waals surface area contributed by atoms with E-state index in [1.54, 1.807) is 24.3 Å². The fourth-order valence-electron chi connectivity index (χ4n) is 1.34. The maximum absolute atomic E-state index is 12.9. The zero-order chi connectivity index (χ0) is 12.1. The van der Waals surface area contributed by atoms with Gasteiger partial charge in [-0.15, -0.1) is 0 Å². The smallest absolute Gasteiger partial charge is 0.130 e. The highest BCUT2D eigenvalue weighted by Gasteiger charge is 1.98. The summed E-state index contributed by atoms with van der Waals surface area (Å²) in [6.07, 6.45) is 0. The normalized spacial score (nSPS) is 9.65. The van der Waals surface area contributed by atoms with Gasteiger partial charge in [0.2, 0.25) is 0 Å². The Kier molecular flexibility index (Phi) is 3.37. The summed E-state index contributed by atoms with van der Waals surface area (Å²) < 4.78 is 18.2. The van der Waals surface area contributed by atoms with Crippen molar-refractivity contribution in [1.29, 1.82) is 5.26 Å². The van der Waals surface area contributed by atoms with E-state index >= 15 is 0 Å². The van der Waals surface area contributed by atoms with Crippen LogP contribution in [0.2, 0.25) is 0 Å². The lowest BCUT2D eigenvalue weighted by molar-refractivity contribution is 0.304. The van der Waals surface area contributed by atoms with Crippen LogP contribution in [0, 0.1) is 23.2 Å². The minimum atomic E-state index is -0.349. The monoisotopic (exact) mass is 226 g/mol. The summed E-state index contributed by atoms with van der Waals surface area (Å²) in [4.78, 5) is 0. The molecule has 0 saturated carbocycles. The number of nitrogens with zero attached hydrogens (tertiary/aromatic N) is 1. The molecule has 0 amide bonds. The third kappa shape index (κ3) is 3.05. The fraction of sp³-hybridized carbons (Fsp3) is 0.0714. The van der Waals surface area contributed by atoms with Gasteiger partial charge in [0, 0.05) is 12.1 Å². The summed E-state index contributed by atoms with van der Waals surface area (Å²) >= 11 is 0. The van der Waals surface area contributed by atoms with Crippen LogP contribution in [0.4, 0.5) is 4.39 Å². The molecule has 0 aliphatic heterocycles. The van der Waals surface area contributed by atoms with Crippen molar-refractivity contribution in [3.63, 3.8) is 0 Å². The van der Waals surface area contributed by atoms with E-state index in [4.69, 9.17) is 10.00 Å².